The topological polar surface area (TPSA) is 26.0 Å². The molecule has 0 spiro atoms. The molecule has 0 saturated carbocycles. The van der Waals surface area contributed by atoms with E-state index in [-0.39, 0.29) is 0 Å². The number of oxazole rings is 1. The van der Waals surface area contributed by atoms with Crippen LogP contribution in [-0.2, 0) is 0 Å². The first-order valence-corrected chi connectivity index (χ1v) is 4.75. The first-order chi connectivity index (χ1) is 7.43. The Morgan fingerprint density at radius 1 is 1.07 bits per heavy atom. The summed E-state index contributed by atoms with van der Waals surface area (Å²) in [4.78, 5) is 4.40. The average Bonchev–Trinajstić information content (AvgIpc) is 2.74. The molecule has 0 aliphatic heterocycles. The minimum atomic E-state index is 0.658. The van der Waals surface area contributed by atoms with Crippen molar-refractivity contribution in [1.82, 2.24) is 4.98 Å². The molecule has 0 fully saturated rings. The molecule has 1 radical (unpaired) electrons. The molecule has 2 nitrogen and oxygen atoms in total. The second kappa shape index (κ2) is 3.24. The van der Waals surface area contributed by atoms with Gasteiger partial charge in [-0.25, -0.2) is 4.98 Å². The molecule has 3 rings (SSSR count). The van der Waals surface area contributed by atoms with E-state index in [0.29, 0.717) is 5.89 Å². The molecular weight excluding hydrogens is 186 g/mol. The van der Waals surface area contributed by atoms with E-state index < -0.39 is 0 Å². The molecule has 15 heavy (non-hydrogen) atoms. The van der Waals surface area contributed by atoms with Crippen LogP contribution in [0.5, 0.6) is 0 Å². The van der Waals surface area contributed by atoms with Gasteiger partial charge in [0.25, 0.3) is 0 Å². The van der Waals surface area contributed by atoms with Crippen LogP contribution in [0.3, 0.4) is 0 Å². The van der Waals surface area contributed by atoms with Crippen molar-refractivity contribution < 1.29 is 4.42 Å². The summed E-state index contributed by atoms with van der Waals surface area (Å²) >= 11 is 0. The Morgan fingerprint density at radius 3 is 2.73 bits per heavy atom. The first-order valence-electron chi connectivity index (χ1n) is 4.75. The molecule has 1 aromatic heterocycles. The molecule has 0 N–H and O–H groups in total. The Balaban J connectivity index is 2.21. The summed E-state index contributed by atoms with van der Waals surface area (Å²) in [5.74, 6) is 0.658. The van der Waals surface area contributed by atoms with E-state index in [1.807, 2.05) is 42.5 Å². The predicted molar refractivity (Wildman–Crippen MR) is 58.3 cm³/mol. The van der Waals surface area contributed by atoms with Gasteiger partial charge < -0.3 is 4.42 Å². The summed E-state index contributed by atoms with van der Waals surface area (Å²) < 4.78 is 5.61. The molecule has 1 heterocycles. The van der Waals surface area contributed by atoms with Gasteiger partial charge in [0, 0.05) is 5.56 Å². The number of aromatic nitrogens is 1. The van der Waals surface area contributed by atoms with Gasteiger partial charge in [0.2, 0.25) is 5.89 Å². The van der Waals surface area contributed by atoms with E-state index in [1.165, 1.54) is 0 Å². The fourth-order valence-corrected chi connectivity index (χ4v) is 1.52. The maximum atomic E-state index is 5.61. The lowest BCUT2D eigenvalue weighted by atomic mass is 10.2. The fraction of sp³-hybridized carbons (Fsp3) is 0. The Hall–Kier alpha value is -2.09. The van der Waals surface area contributed by atoms with E-state index in [1.54, 1.807) is 6.07 Å². The highest BCUT2D eigenvalue weighted by atomic mass is 16.3. The van der Waals surface area contributed by atoms with Crippen LogP contribution in [0.1, 0.15) is 0 Å². The fourth-order valence-electron chi connectivity index (χ4n) is 1.52. The molecular formula is C13H8NO. The molecule has 71 valence electrons. The third kappa shape index (κ3) is 1.40. The van der Waals surface area contributed by atoms with Gasteiger partial charge in [-0.2, -0.15) is 0 Å². The molecule has 0 bridgehead atoms. The predicted octanol–water partition coefficient (Wildman–Crippen LogP) is 3.29. The van der Waals surface area contributed by atoms with Crippen molar-refractivity contribution in [2.45, 2.75) is 0 Å². The van der Waals surface area contributed by atoms with Crippen molar-refractivity contribution >= 4 is 11.1 Å². The SMILES string of the molecule is [c]1ccc2nc(-c3ccccc3)oc2c1. The normalized spacial score (nSPS) is 10.7. The molecule has 2 aromatic carbocycles. The molecule has 0 aliphatic carbocycles. The smallest absolute Gasteiger partial charge is 0.227 e. The molecule has 0 saturated heterocycles. The van der Waals surface area contributed by atoms with E-state index >= 15 is 0 Å². The minimum absolute atomic E-state index is 0.658. The zero-order valence-corrected chi connectivity index (χ0v) is 7.97. The summed E-state index contributed by atoms with van der Waals surface area (Å²) in [6, 6.07) is 18.4. The summed E-state index contributed by atoms with van der Waals surface area (Å²) in [5, 5.41) is 0. The molecule has 0 atom stereocenters. The van der Waals surface area contributed by atoms with Gasteiger partial charge in [-0.15, -0.1) is 0 Å². The average molecular weight is 194 g/mol. The Morgan fingerprint density at radius 2 is 1.93 bits per heavy atom. The van der Waals surface area contributed by atoms with Gasteiger partial charge in [0.05, 0.1) is 0 Å². The van der Waals surface area contributed by atoms with E-state index in [2.05, 4.69) is 11.1 Å². The van der Waals surface area contributed by atoms with Gasteiger partial charge in [-0.05, 0) is 30.3 Å². The van der Waals surface area contributed by atoms with Crippen molar-refractivity contribution in [2.75, 3.05) is 0 Å². The van der Waals surface area contributed by atoms with Gasteiger partial charge in [0.1, 0.15) is 5.52 Å². The van der Waals surface area contributed by atoms with E-state index in [4.69, 9.17) is 4.42 Å². The Labute approximate surface area is 87.2 Å². The maximum Gasteiger partial charge on any atom is 0.227 e. The van der Waals surface area contributed by atoms with Gasteiger partial charge in [-0.1, -0.05) is 24.3 Å². The summed E-state index contributed by atoms with van der Waals surface area (Å²) in [5.41, 5.74) is 2.64. The number of benzene rings is 2. The number of rotatable bonds is 1. The third-order valence-corrected chi connectivity index (χ3v) is 2.25. The lowest BCUT2D eigenvalue weighted by Gasteiger charge is -1.91. The first kappa shape index (κ1) is 8.24. The zero-order chi connectivity index (χ0) is 10.1. The van der Waals surface area contributed by atoms with E-state index in [0.717, 1.165) is 16.7 Å². The number of nitrogens with zero attached hydrogens (tertiary/aromatic N) is 1. The van der Waals surface area contributed by atoms with Crippen molar-refractivity contribution in [2.24, 2.45) is 0 Å². The lowest BCUT2D eigenvalue weighted by Crippen LogP contribution is -1.74. The molecule has 0 amide bonds. The van der Waals surface area contributed by atoms with Gasteiger partial charge in [-0.3, -0.25) is 0 Å². The monoisotopic (exact) mass is 194 g/mol. The van der Waals surface area contributed by atoms with Crippen LogP contribution >= 0.6 is 0 Å². The van der Waals surface area contributed by atoms with Crippen LogP contribution in [-0.4, -0.2) is 4.98 Å². The summed E-state index contributed by atoms with van der Waals surface area (Å²) in [6.07, 6.45) is 0. The molecule has 3 aromatic rings. The highest BCUT2D eigenvalue weighted by Crippen LogP contribution is 2.23. The van der Waals surface area contributed by atoms with E-state index in [9.17, 15) is 0 Å². The van der Waals surface area contributed by atoms with Crippen LogP contribution in [0.25, 0.3) is 22.6 Å². The second-order valence-corrected chi connectivity index (χ2v) is 3.28. The van der Waals surface area contributed by atoms with Crippen molar-refractivity contribution in [3.63, 3.8) is 0 Å². The maximum absolute atomic E-state index is 5.61. The van der Waals surface area contributed by atoms with Crippen LogP contribution < -0.4 is 0 Å². The second-order valence-electron chi connectivity index (χ2n) is 3.28. The largest absolute Gasteiger partial charge is 0.436 e. The number of fused-ring (bicyclic) bond motifs is 1. The lowest BCUT2D eigenvalue weighted by molar-refractivity contribution is 0.620. The van der Waals surface area contributed by atoms with Crippen LogP contribution in [0.2, 0.25) is 0 Å². The quantitative estimate of drug-likeness (QED) is 0.594. The summed E-state index contributed by atoms with van der Waals surface area (Å²) in [6.45, 7) is 0. The standard InChI is InChI=1S/C13H8NO/c1-2-6-10(7-3-1)13-14-11-8-4-5-9-12(11)15-13/h1-4,6-9H. The van der Waals surface area contributed by atoms with Gasteiger partial charge >= 0.3 is 0 Å². The molecule has 0 unspecified atom stereocenters. The Kier molecular flexibility index (Phi) is 1.78. The van der Waals surface area contributed by atoms with Gasteiger partial charge in [0.15, 0.2) is 5.58 Å². The Bertz CT molecular complexity index is 551. The number of hydrogen-bond donors (Lipinski definition) is 0. The van der Waals surface area contributed by atoms with Crippen LogP contribution in [0, 0.1) is 6.07 Å². The van der Waals surface area contributed by atoms with Crippen LogP contribution in [0.4, 0.5) is 0 Å². The van der Waals surface area contributed by atoms with Crippen molar-refractivity contribution in [3.05, 3.63) is 54.6 Å². The highest BCUT2D eigenvalue weighted by Gasteiger charge is 2.05. The third-order valence-electron chi connectivity index (χ3n) is 2.25. The van der Waals surface area contributed by atoms with Crippen molar-refractivity contribution in [1.29, 1.82) is 0 Å². The van der Waals surface area contributed by atoms with Crippen molar-refractivity contribution in [3.8, 4) is 11.5 Å². The molecule has 2 heteroatoms. The minimum Gasteiger partial charge on any atom is -0.436 e. The highest BCUT2D eigenvalue weighted by molar-refractivity contribution is 5.75. The zero-order valence-electron chi connectivity index (χ0n) is 7.97. The number of hydrogen-bond acceptors (Lipinski definition) is 2. The van der Waals surface area contributed by atoms with Crippen LogP contribution in [0.15, 0.2) is 52.9 Å². The molecule has 0 aliphatic rings. The summed E-state index contributed by atoms with van der Waals surface area (Å²) in [7, 11) is 0.